The fourth-order valence-corrected chi connectivity index (χ4v) is 3.40. The maximum atomic E-state index is 13.3. The second-order valence-corrected chi connectivity index (χ2v) is 8.17. The van der Waals surface area contributed by atoms with E-state index < -0.39 is 17.7 Å². The van der Waals surface area contributed by atoms with Gasteiger partial charge in [-0.15, -0.1) is 0 Å². The second kappa shape index (κ2) is 8.46. The van der Waals surface area contributed by atoms with Crippen molar-refractivity contribution >= 4 is 12.0 Å². The van der Waals surface area contributed by atoms with Gasteiger partial charge in [0, 0.05) is 19.5 Å². The molecule has 0 bridgehead atoms. The number of carbonyl (C=O) groups excluding carboxylic acids is 2. The monoisotopic (exact) mass is 380 g/mol. The Morgan fingerprint density at radius 3 is 2.36 bits per heavy atom. The van der Waals surface area contributed by atoms with E-state index >= 15 is 0 Å². The lowest BCUT2D eigenvalue weighted by Gasteiger charge is -2.32. The largest absolute Gasteiger partial charge is 0.444 e. The van der Waals surface area contributed by atoms with Crippen molar-refractivity contribution in [2.24, 2.45) is 0 Å². The van der Waals surface area contributed by atoms with Crippen molar-refractivity contribution in [2.75, 3.05) is 6.54 Å². The summed E-state index contributed by atoms with van der Waals surface area (Å²) in [5, 5.41) is 2.79. The molecule has 3 rings (SSSR count). The number of hydrogen-bond donors (Lipinski definition) is 1. The third-order valence-corrected chi connectivity index (χ3v) is 4.71. The molecule has 2 amide bonds. The number of alkyl carbamates (subject to hydrolysis) is 1. The van der Waals surface area contributed by atoms with Gasteiger partial charge in [0.2, 0.25) is 5.91 Å². The highest BCUT2D eigenvalue weighted by Gasteiger charge is 2.30. The summed E-state index contributed by atoms with van der Waals surface area (Å²) < 4.78 is 5.38. The van der Waals surface area contributed by atoms with Crippen molar-refractivity contribution in [1.82, 2.24) is 10.2 Å². The van der Waals surface area contributed by atoms with Crippen LogP contribution in [0.4, 0.5) is 4.79 Å². The fourth-order valence-electron chi connectivity index (χ4n) is 3.40. The minimum absolute atomic E-state index is 0.0794. The third kappa shape index (κ3) is 5.35. The zero-order valence-corrected chi connectivity index (χ0v) is 16.8. The van der Waals surface area contributed by atoms with E-state index in [2.05, 4.69) is 17.4 Å². The lowest BCUT2D eigenvalue weighted by Crippen LogP contribution is -2.51. The number of fused-ring (bicyclic) bond motifs is 1. The Morgan fingerprint density at radius 1 is 1.04 bits per heavy atom. The molecule has 0 saturated heterocycles. The molecule has 2 aromatic rings. The molecule has 1 aliphatic rings. The molecule has 0 radical (unpaired) electrons. The van der Waals surface area contributed by atoms with Gasteiger partial charge in [0.15, 0.2) is 0 Å². The van der Waals surface area contributed by atoms with Gasteiger partial charge in [-0.2, -0.15) is 0 Å². The van der Waals surface area contributed by atoms with E-state index in [1.807, 2.05) is 68.1 Å². The van der Waals surface area contributed by atoms with E-state index in [0.29, 0.717) is 19.5 Å². The molecule has 148 valence electrons. The van der Waals surface area contributed by atoms with Crippen LogP contribution in [-0.2, 0) is 28.9 Å². The lowest BCUT2D eigenvalue weighted by molar-refractivity contribution is -0.134. The van der Waals surface area contributed by atoms with Crippen molar-refractivity contribution in [3.05, 3.63) is 71.3 Å². The smallest absolute Gasteiger partial charge is 0.408 e. The van der Waals surface area contributed by atoms with Crippen LogP contribution in [-0.4, -0.2) is 35.1 Å². The van der Waals surface area contributed by atoms with E-state index in [-0.39, 0.29) is 5.91 Å². The maximum Gasteiger partial charge on any atom is 0.408 e. The summed E-state index contributed by atoms with van der Waals surface area (Å²) in [6.07, 6.45) is 0.683. The molecule has 1 heterocycles. The third-order valence-electron chi connectivity index (χ3n) is 4.71. The van der Waals surface area contributed by atoms with Gasteiger partial charge in [-0.05, 0) is 43.9 Å². The number of rotatable bonds is 4. The van der Waals surface area contributed by atoms with Crippen LogP contribution in [0.5, 0.6) is 0 Å². The Hall–Kier alpha value is -2.82. The van der Waals surface area contributed by atoms with Gasteiger partial charge in [0.1, 0.15) is 11.6 Å². The molecular weight excluding hydrogens is 352 g/mol. The Kier molecular flexibility index (Phi) is 6.02. The van der Waals surface area contributed by atoms with Crippen molar-refractivity contribution in [3.63, 3.8) is 0 Å². The zero-order valence-electron chi connectivity index (χ0n) is 16.8. The predicted octanol–water partition coefficient (Wildman–Crippen LogP) is 3.71. The summed E-state index contributed by atoms with van der Waals surface area (Å²) in [7, 11) is 0. The van der Waals surface area contributed by atoms with E-state index in [1.165, 1.54) is 5.56 Å². The van der Waals surface area contributed by atoms with Crippen LogP contribution in [0.2, 0.25) is 0 Å². The Labute approximate surface area is 166 Å². The second-order valence-electron chi connectivity index (χ2n) is 8.17. The predicted molar refractivity (Wildman–Crippen MR) is 109 cm³/mol. The van der Waals surface area contributed by atoms with Crippen LogP contribution >= 0.6 is 0 Å². The molecule has 0 fully saturated rings. The van der Waals surface area contributed by atoms with Gasteiger partial charge in [0.25, 0.3) is 0 Å². The first-order valence-electron chi connectivity index (χ1n) is 9.71. The summed E-state index contributed by atoms with van der Waals surface area (Å²) in [4.78, 5) is 27.4. The summed E-state index contributed by atoms with van der Waals surface area (Å²) in [5.74, 6) is -0.0794. The number of hydrogen-bond acceptors (Lipinski definition) is 3. The first-order valence-corrected chi connectivity index (χ1v) is 9.71. The molecule has 1 atom stereocenters. The normalized spacial score (nSPS) is 14.8. The van der Waals surface area contributed by atoms with Gasteiger partial charge in [-0.25, -0.2) is 4.79 Å². The van der Waals surface area contributed by atoms with E-state index in [9.17, 15) is 9.59 Å². The summed E-state index contributed by atoms with van der Waals surface area (Å²) in [5.41, 5.74) is 2.83. The Morgan fingerprint density at radius 2 is 1.68 bits per heavy atom. The van der Waals surface area contributed by atoms with Gasteiger partial charge in [-0.3, -0.25) is 4.79 Å². The molecule has 28 heavy (non-hydrogen) atoms. The topological polar surface area (TPSA) is 58.6 Å². The minimum Gasteiger partial charge on any atom is -0.444 e. The molecule has 5 nitrogen and oxygen atoms in total. The average Bonchev–Trinajstić information content (AvgIpc) is 2.66. The Balaban J connectivity index is 1.75. The maximum absolute atomic E-state index is 13.3. The van der Waals surface area contributed by atoms with Gasteiger partial charge in [-0.1, -0.05) is 54.6 Å². The molecule has 1 aliphatic heterocycles. The van der Waals surface area contributed by atoms with E-state index in [1.54, 1.807) is 0 Å². The molecule has 0 unspecified atom stereocenters. The van der Waals surface area contributed by atoms with E-state index in [4.69, 9.17) is 4.74 Å². The quantitative estimate of drug-likeness (QED) is 0.880. The van der Waals surface area contributed by atoms with Gasteiger partial charge < -0.3 is 15.0 Å². The van der Waals surface area contributed by atoms with Crippen LogP contribution in [0, 0.1) is 0 Å². The summed E-state index contributed by atoms with van der Waals surface area (Å²) in [6.45, 7) is 6.64. The van der Waals surface area contributed by atoms with Crippen LogP contribution < -0.4 is 5.32 Å². The number of nitrogens with zero attached hydrogens (tertiary/aromatic N) is 1. The Bertz CT molecular complexity index is 827. The van der Waals surface area contributed by atoms with Crippen LogP contribution in [0.3, 0.4) is 0 Å². The number of amides is 2. The number of nitrogens with one attached hydrogen (secondary N) is 1. The average molecular weight is 380 g/mol. The molecule has 2 aromatic carbocycles. The molecule has 0 saturated carbocycles. The number of carbonyl (C=O) groups is 2. The SMILES string of the molecule is CC(C)(C)OC(=O)N[C@@H](Cc1ccccc1)C(=O)N1CCc2ccccc2C1. The number of ether oxygens (including phenoxy) is 1. The molecular formula is C23H28N2O3. The minimum atomic E-state index is -0.664. The highest BCUT2D eigenvalue weighted by molar-refractivity contribution is 5.86. The molecule has 1 N–H and O–H groups in total. The fraction of sp³-hybridized carbons (Fsp3) is 0.391. The van der Waals surface area contributed by atoms with Crippen molar-refractivity contribution in [1.29, 1.82) is 0 Å². The molecule has 0 aliphatic carbocycles. The van der Waals surface area contributed by atoms with Crippen molar-refractivity contribution in [2.45, 2.75) is 51.8 Å². The first kappa shape index (κ1) is 19.9. The van der Waals surface area contributed by atoms with Crippen molar-refractivity contribution in [3.8, 4) is 0 Å². The highest BCUT2D eigenvalue weighted by Crippen LogP contribution is 2.20. The highest BCUT2D eigenvalue weighted by atomic mass is 16.6. The molecule has 0 aromatic heterocycles. The standard InChI is InChI=1S/C23H28N2O3/c1-23(2,3)28-22(27)24-20(15-17-9-5-4-6-10-17)21(26)25-14-13-18-11-7-8-12-19(18)16-25/h4-12,20H,13-16H2,1-3H3,(H,24,27)/t20-/m0/s1. The van der Waals surface area contributed by atoms with Crippen LogP contribution in [0.25, 0.3) is 0 Å². The summed E-state index contributed by atoms with van der Waals surface area (Å²) in [6, 6.07) is 17.2. The van der Waals surface area contributed by atoms with Crippen LogP contribution in [0.1, 0.15) is 37.5 Å². The molecule has 0 spiro atoms. The first-order chi connectivity index (χ1) is 13.3. The van der Waals surface area contributed by atoms with Crippen LogP contribution in [0.15, 0.2) is 54.6 Å². The zero-order chi connectivity index (χ0) is 20.1. The summed E-state index contributed by atoms with van der Waals surface area (Å²) >= 11 is 0. The number of benzene rings is 2. The molecule has 5 heteroatoms. The van der Waals surface area contributed by atoms with Gasteiger partial charge in [0.05, 0.1) is 0 Å². The lowest BCUT2D eigenvalue weighted by atomic mass is 9.98. The van der Waals surface area contributed by atoms with Gasteiger partial charge >= 0.3 is 6.09 Å². The van der Waals surface area contributed by atoms with E-state index in [0.717, 1.165) is 17.5 Å². The van der Waals surface area contributed by atoms with Crippen molar-refractivity contribution < 1.29 is 14.3 Å².